The van der Waals surface area contributed by atoms with Crippen LogP contribution in [0.1, 0.15) is 6.42 Å². The van der Waals surface area contributed by atoms with Gasteiger partial charge in [-0.3, -0.25) is 13.8 Å². The lowest BCUT2D eigenvalue weighted by atomic mass is 10.2. The maximum Gasteiger partial charge on any atom is 0.261 e. The SMILES string of the molecule is O=c1c2cc(I)ccc2ncn1CCCF. The fourth-order valence-electron chi connectivity index (χ4n) is 1.52. The van der Waals surface area contributed by atoms with Crippen LogP contribution in [0.3, 0.4) is 0 Å². The van der Waals surface area contributed by atoms with Gasteiger partial charge >= 0.3 is 0 Å². The van der Waals surface area contributed by atoms with E-state index in [9.17, 15) is 9.18 Å². The maximum atomic E-state index is 12.1. The zero-order valence-corrected chi connectivity index (χ0v) is 10.6. The van der Waals surface area contributed by atoms with Crippen LogP contribution in [0.2, 0.25) is 0 Å². The first-order valence-electron chi connectivity index (χ1n) is 4.93. The van der Waals surface area contributed by atoms with Gasteiger partial charge in [-0.05, 0) is 47.2 Å². The average molecular weight is 332 g/mol. The number of aromatic nitrogens is 2. The molecule has 1 aromatic heterocycles. The van der Waals surface area contributed by atoms with Gasteiger partial charge < -0.3 is 0 Å². The molecular weight excluding hydrogens is 322 g/mol. The fourth-order valence-corrected chi connectivity index (χ4v) is 2.01. The Morgan fingerprint density at radius 1 is 1.44 bits per heavy atom. The number of hydrogen-bond acceptors (Lipinski definition) is 2. The molecule has 0 saturated heterocycles. The molecule has 16 heavy (non-hydrogen) atoms. The molecule has 2 aromatic rings. The summed E-state index contributed by atoms with van der Waals surface area (Å²) in [6.45, 7) is -0.0411. The van der Waals surface area contributed by atoms with Gasteiger partial charge in [-0.15, -0.1) is 0 Å². The summed E-state index contributed by atoms with van der Waals surface area (Å²) in [6.07, 6.45) is 1.82. The molecule has 0 amide bonds. The van der Waals surface area contributed by atoms with E-state index >= 15 is 0 Å². The van der Waals surface area contributed by atoms with Gasteiger partial charge in [-0.2, -0.15) is 0 Å². The van der Waals surface area contributed by atoms with Crippen molar-refractivity contribution in [2.45, 2.75) is 13.0 Å². The zero-order valence-electron chi connectivity index (χ0n) is 8.49. The van der Waals surface area contributed by atoms with Crippen molar-refractivity contribution in [2.24, 2.45) is 0 Å². The molecule has 0 aliphatic carbocycles. The highest BCUT2D eigenvalue weighted by Crippen LogP contribution is 2.11. The van der Waals surface area contributed by atoms with Gasteiger partial charge in [0.05, 0.1) is 23.9 Å². The molecule has 0 atom stereocenters. The number of aryl methyl sites for hydroxylation is 1. The molecule has 1 heterocycles. The van der Waals surface area contributed by atoms with Crippen molar-refractivity contribution < 1.29 is 4.39 Å². The Bertz CT molecular complexity index is 567. The van der Waals surface area contributed by atoms with E-state index in [4.69, 9.17) is 0 Å². The van der Waals surface area contributed by atoms with Crippen LogP contribution in [-0.2, 0) is 6.54 Å². The molecule has 3 nitrogen and oxygen atoms in total. The van der Waals surface area contributed by atoms with E-state index in [1.807, 2.05) is 12.1 Å². The van der Waals surface area contributed by atoms with Crippen molar-refractivity contribution in [1.29, 1.82) is 0 Å². The molecule has 0 bridgehead atoms. The summed E-state index contributed by atoms with van der Waals surface area (Å²) in [5, 5.41) is 0.591. The van der Waals surface area contributed by atoms with Crippen molar-refractivity contribution in [3.05, 3.63) is 38.5 Å². The normalized spacial score (nSPS) is 10.9. The quantitative estimate of drug-likeness (QED) is 0.809. The second-order valence-corrected chi connectivity index (χ2v) is 4.69. The zero-order chi connectivity index (χ0) is 11.5. The van der Waals surface area contributed by atoms with Gasteiger partial charge in [0.15, 0.2) is 0 Å². The Kier molecular flexibility index (Phi) is 3.52. The molecule has 0 fully saturated rings. The monoisotopic (exact) mass is 332 g/mol. The fraction of sp³-hybridized carbons (Fsp3) is 0.273. The van der Waals surface area contributed by atoms with Crippen molar-refractivity contribution in [1.82, 2.24) is 9.55 Å². The van der Waals surface area contributed by atoms with Crippen molar-refractivity contribution in [2.75, 3.05) is 6.67 Å². The third-order valence-corrected chi connectivity index (χ3v) is 2.99. The second kappa shape index (κ2) is 4.90. The smallest absolute Gasteiger partial charge is 0.261 e. The molecule has 5 heteroatoms. The van der Waals surface area contributed by atoms with Gasteiger partial charge in [0.25, 0.3) is 5.56 Å². The molecular formula is C11H10FIN2O. The van der Waals surface area contributed by atoms with Crippen LogP contribution >= 0.6 is 22.6 Å². The number of fused-ring (bicyclic) bond motifs is 1. The molecule has 1 aromatic carbocycles. The third-order valence-electron chi connectivity index (χ3n) is 2.32. The largest absolute Gasteiger partial charge is 0.299 e. The summed E-state index contributed by atoms with van der Waals surface area (Å²) in [5.74, 6) is 0. The number of rotatable bonds is 3. The Morgan fingerprint density at radius 3 is 3.00 bits per heavy atom. The first-order valence-corrected chi connectivity index (χ1v) is 6.01. The summed E-state index contributed by atoms with van der Waals surface area (Å²) in [6, 6.07) is 5.52. The number of nitrogens with zero attached hydrogens (tertiary/aromatic N) is 2. The van der Waals surface area contributed by atoms with Crippen LogP contribution in [0.25, 0.3) is 10.9 Å². The van der Waals surface area contributed by atoms with Crippen molar-refractivity contribution in [3.8, 4) is 0 Å². The highest BCUT2D eigenvalue weighted by atomic mass is 127. The lowest BCUT2D eigenvalue weighted by Gasteiger charge is -2.05. The maximum absolute atomic E-state index is 12.1. The third kappa shape index (κ3) is 2.23. The van der Waals surface area contributed by atoms with Crippen LogP contribution < -0.4 is 5.56 Å². The summed E-state index contributed by atoms with van der Waals surface area (Å²) < 4.78 is 14.5. The summed E-state index contributed by atoms with van der Waals surface area (Å²) in [5.41, 5.74) is 0.582. The predicted molar refractivity (Wildman–Crippen MR) is 69.3 cm³/mol. The highest BCUT2D eigenvalue weighted by molar-refractivity contribution is 14.1. The molecule has 0 unspecified atom stereocenters. The molecule has 0 aliphatic heterocycles. The summed E-state index contributed by atoms with van der Waals surface area (Å²) >= 11 is 2.15. The van der Waals surface area contributed by atoms with E-state index in [0.29, 0.717) is 23.9 Å². The average Bonchev–Trinajstić information content (AvgIpc) is 2.29. The first-order chi connectivity index (χ1) is 7.72. The lowest BCUT2D eigenvalue weighted by molar-refractivity contribution is 0.443. The number of hydrogen-bond donors (Lipinski definition) is 0. The minimum atomic E-state index is -0.420. The van der Waals surface area contributed by atoms with Crippen LogP contribution in [0.4, 0.5) is 4.39 Å². The van der Waals surface area contributed by atoms with Gasteiger partial charge in [-0.25, -0.2) is 4.98 Å². The van der Waals surface area contributed by atoms with E-state index in [2.05, 4.69) is 27.6 Å². The Labute approximate surface area is 105 Å². The van der Waals surface area contributed by atoms with Gasteiger partial charge in [0.2, 0.25) is 0 Å². The van der Waals surface area contributed by atoms with Crippen LogP contribution in [0, 0.1) is 3.57 Å². The molecule has 0 spiro atoms. The Hall–Kier alpha value is -0.980. The van der Waals surface area contributed by atoms with E-state index in [0.717, 1.165) is 3.57 Å². The second-order valence-electron chi connectivity index (χ2n) is 3.45. The summed E-state index contributed by atoms with van der Waals surface area (Å²) in [7, 11) is 0. The van der Waals surface area contributed by atoms with E-state index in [-0.39, 0.29) is 5.56 Å². The Morgan fingerprint density at radius 2 is 2.25 bits per heavy atom. The summed E-state index contributed by atoms with van der Waals surface area (Å²) in [4.78, 5) is 16.2. The molecule has 84 valence electrons. The van der Waals surface area contributed by atoms with Crippen molar-refractivity contribution in [3.63, 3.8) is 0 Å². The topological polar surface area (TPSA) is 34.9 Å². The molecule has 2 rings (SSSR count). The van der Waals surface area contributed by atoms with Gasteiger partial charge in [0, 0.05) is 10.1 Å². The number of benzene rings is 1. The lowest BCUT2D eigenvalue weighted by Crippen LogP contribution is -2.20. The Balaban J connectivity index is 2.55. The molecule has 0 radical (unpaired) electrons. The molecule has 0 N–H and O–H groups in total. The van der Waals surface area contributed by atoms with E-state index < -0.39 is 6.67 Å². The molecule has 0 aliphatic rings. The van der Waals surface area contributed by atoms with Gasteiger partial charge in [0.1, 0.15) is 0 Å². The van der Waals surface area contributed by atoms with Gasteiger partial charge in [-0.1, -0.05) is 0 Å². The van der Waals surface area contributed by atoms with E-state index in [1.54, 1.807) is 6.07 Å². The predicted octanol–water partition coefficient (Wildman–Crippen LogP) is 2.36. The van der Waals surface area contributed by atoms with Crippen LogP contribution in [0.5, 0.6) is 0 Å². The minimum absolute atomic E-state index is 0.100. The van der Waals surface area contributed by atoms with Crippen LogP contribution in [-0.4, -0.2) is 16.2 Å². The number of halogens is 2. The van der Waals surface area contributed by atoms with Crippen molar-refractivity contribution >= 4 is 33.5 Å². The van der Waals surface area contributed by atoms with E-state index in [1.165, 1.54) is 10.9 Å². The van der Waals surface area contributed by atoms with Crippen LogP contribution in [0.15, 0.2) is 29.3 Å². The molecule has 0 saturated carbocycles. The highest BCUT2D eigenvalue weighted by Gasteiger charge is 2.04. The standard InChI is InChI=1S/C11H10FIN2O/c12-4-1-5-15-7-14-10-3-2-8(13)6-9(10)11(15)16/h2-3,6-7H,1,4-5H2. The first kappa shape index (κ1) is 11.5. The number of alkyl halides is 1. The minimum Gasteiger partial charge on any atom is -0.299 e.